The van der Waals surface area contributed by atoms with Crippen LogP contribution in [0, 0.1) is 6.92 Å². The lowest BCUT2D eigenvalue weighted by atomic mass is 10.1. The van der Waals surface area contributed by atoms with E-state index >= 15 is 0 Å². The molecule has 0 fully saturated rings. The van der Waals surface area contributed by atoms with Crippen LogP contribution in [0.3, 0.4) is 0 Å². The van der Waals surface area contributed by atoms with Gasteiger partial charge in [0.2, 0.25) is 0 Å². The molecule has 0 amide bonds. The fourth-order valence-electron chi connectivity index (χ4n) is 2.70. The molecule has 0 aliphatic rings. The van der Waals surface area contributed by atoms with E-state index in [0.717, 1.165) is 39.4 Å². The van der Waals surface area contributed by atoms with Crippen molar-refractivity contribution in [1.82, 2.24) is 14.8 Å². The highest BCUT2D eigenvalue weighted by Crippen LogP contribution is 2.34. The Morgan fingerprint density at radius 1 is 1.17 bits per heavy atom. The second kappa shape index (κ2) is 6.51. The largest absolute Gasteiger partial charge is 0.490 e. The number of aromatic nitrogens is 3. The van der Waals surface area contributed by atoms with Crippen molar-refractivity contribution in [3.05, 3.63) is 36.0 Å². The topological polar surface area (TPSA) is 49.2 Å². The van der Waals surface area contributed by atoms with Gasteiger partial charge in [0.1, 0.15) is 0 Å². The maximum atomic E-state index is 5.82. The lowest BCUT2D eigenvalue weighted by Gasteiger charge is -2.15. The molecule has 0 atom stereocenters. The molecule has 0 bridgehead atoms. The van der Waals surface area contributed by atoms with Crippen LogP contribution in [0.25, 0.3) is 22.3 Å². The average Bonchev–Trinajstić information content (AvgIpc) is 2.90. The zero-order valence-electron chi connectivity index (χ0n) is 14.8. The van der Waals surface area contributed by atoms with Crippen molar-refractivity contribution in [2.24, 2.45) is 7.05 Å². The van der Waals surface area contributed by atoms with Crippen molar-refractivity contribution in [1.29, 1.82) is 0 Å². The van der Waals surface area contributed by atoms with Crippen LogP contribution in [0.2, 0.25) is 0 Å². The van der Waals surface area contributed by atoms with Crippen LogP contribution in [0.4, 0.5) is 0 Å². The molecule has 3 rings (SSSR count). The Morgan fingerprint density at radius 2 is 1.96 bits per heavy atom. The smallest absolute Gasteiger partial charge is 0.181 e. The summed E-state index contributed by atoms with van der Waals surface area (Å²) >= 11 is 0. The molecule has 2 aromatic heterocycles. The van der Waals surface area contributed by atoms with Gasteiger partial charge in [0.05, 0.1) is 18.4 Å². The molecule has 0 radical (unpaired) electrons. The first kappa shape index (κ1) is 16.3. The quantitative estimate of drug-likeness (QED) is 0.708. The first-order valence-corrected chi connectivity index (χ1v) is 8.22. The van der Waals surface area contributed by atoms with E-state index in [4.69, 9.17) is 14.5 Å². The predicted octanol–water partition coefficient (Wildman–Crippen LogP) is 4.13. The van der Waals surface area contributed by atoms with Gasteiger partial charge >= 0.3 is 0 Å². The standard InChI is InChI=1S/C19H23N3O2/c1-6-23-18-10-14(7-8-17(18)24-12(2)3)16-9-13(4)15-11-22(5)21-19(15)20-16/h7-12H,6H2,1-5H3. The molecule has 0 aliphatic carbocycles. The van der Waals surface area contributed by atoms with Crippen LogP contribution in [-0.4, -0.2) is 27.5 Å². The van der Waals surface area contributed by atoms with Crippen molar-refractivity contribution in [2.75, 3.05) is 6.61 Å². The maximum Gasteiger partial charge on any atom is 0.181 e. The van der Waals surface area contributed by atoms with Gasteiger partial charge in [0, 0.05) is 24.2 Å². The summed E-state index contributed by atoms with van der Waals surface area (Å²) in [6.07, 6.45) is 2.09. The number of nitrogens with zero attached hydrogens (tertiary/aromatic N) is 3. The summed E-state index contributed by atoms with van der Waals surface area (Å²) in [5.41, 5.74) is 3.79. The van der Waals surface area contributed by atoms with E-state index in [2.05, 4.69) is 18.1 Å². The van der Waals surface area contributed by atoms with Crippen LogP contribution in [0.15, 0.2) is 30.5 Å². The van der Waals surface area contributed by atoms with Crippen molar-refractivity contribution in [3.8, 4) is 22.8 Å². The van der Waals surface area contributed by atoms with Crippen molar-refractivity contribution >= 4 is 11.0 Å². The zero-order valence-corrected chi connectivity index (χ0v) is 14.8. The fourth-order valence-corrected chi connectivity index (χ4v) is 2.70. The lowest BCUT2D eigenvalue weighted by Crippen LogP contribution is -2.07. The number of benzene rings is 1. The number of hydrogen-bond donors (Lipinski definition) is 0. The monoisotopic (exact) mass is 325 g/mol. The van der Waals surface area contributed by atoms with Gasteiger partial charge in [-0.3, -0.25) is 4.68 Å². The average molecular weight is 325 g/mol. The van der Waals surface area contributed by atoms with Gasteiger partial charge in [-0.05, 0) is 57.5 Å². The molecule has 0 N–H and O–H groups in total. The molecule has 0 unspecified atom stereocenters. The van der Waals surface area contributed by atoms with Gasteiger partial charge in [-0.15, -0.1) is 0 Å². The number of hydrogen-bond acceptors (Lipinski definition) is 4. The van der Waals surface area contributed by atoms with E-state index in [0.29, 0.717) is 6.61 Å². The predicted molar refractivity (Wildman–Crippen MR) is 95.6 cm³/mol. The normalized spacial score (nSPS) is 11.2. The third-order valence-corrected chi connectivity index (χ3v) is 3.72. The second-order valence-electron chi connectivity index (χ2n) is 6.13. The fraction of sp³-hybridized carbons (Fsp3) is 0.368. The second-order valence-corrected chi connectivity index (χ2v) is 6.13. The molecule has 0 saturated carbocycles. The minimum Gasteiger partial charge on any atom is -0.490 e. The number of ether oxygens (including phenoxy) is 2. The lowest BCUT2D eigenvalue weighted by molar-refractivity contribution is 0.224. The minimum atomic E-state index is 0.0975. The van der Waals surface area contributed by atoms with E-state index in [1.54, 1.807) is 4.68 Å². The Kier molecular flexibility index (Phi) is 4.42. The molecular formula is C19H23N3O2. The number of pyridine rings is 1. The van der Waals surface area contributed by atoms with Crippen LogP contribution < -0.4 is 9.47 Å². The highest BCUT2D eigenvalue weighted by atomic mass is 16.5. The Balaban J connectivity index is 2.06. The molecule has 5 heteroatoms. The molecular weight excluding hydrogens is 302 g/mol. The first-order chi connectivity index (χ1) is 11.5. The van der Waals surface area contributed by atoms with Crippen LogP contribution >= 0.6 is 0 Å². The van der Waals surface area contributed by atoms with Crippen molar-refractivity contribution in [3.63, 3.8) is 0 Å². The Bertz CT molecular complexity index is 868. The molecule has 1 aromatic carbocycles. The number of fused-ring (bicyclic) bond motifs is 1. The molecule has 3 aromatic rings. The number of aryl methyl sites for hydroxylation is 2. The minimum absolute atomic E-state index is 0.0975. The Labute approximate surface area is 142 Å². The summed E-state index contributed by atoms with van der Waals surface area (Å²) in [6, 6.07) is 8.02. The summed E-state index contributed by atoms with van der Waals surface area (Å²) in [6.45, 7) is 8.64. The van der Waals surface area contributed by atoms with Crippen LogP contribution in [0.5, 0.6) is 11.5 Å². The van der Waals surface area contributed by atoms with Crippen molar-refractivity contribution < 1.29 is 9.47 Å². The summed E-state index contributed by atoms with van der Waals surface area (Å²) in [5, 5.41) is 5.50. The highest BCUT2D eigenvalue weighted by molar-refractivity contribution is 5.82. The molecule has 24 heavy (non-hydrogen) atoms. The van der Waals surface area contributed by atoms with E-state index in [-0.39, 0.29) is 6.10 Å². The summed E-state index contributed by atoms with van der Waals surface area (Å²) in [4.78, 5) is 4.69. The Hall–Kier alpha value is -2.56. The first-order valence-electron chi connectivity index (χ1n) is 8.22. The third kappa shape index (κ3) is 3.20. The highest BCUT2D eigenvalue weighted by Gasteiger charge is 2.12. The molecule has 0 saturated heterocycles. The molecule has 2 heterocycles. The van der Waals surface area contributed by atoms with Gasteiger partial charge in [-0.2, -0.15) is 5.10 Å². The molecule has 0 spiro atoms. The molecule has 5 nitrogen and oxygen atoms in total. The van der Waals surface area contributed by atoms with Gasteiger partial charge in [-0.1, -0.05) is 0 Å². The Morgan fingerprint density at radius 3 is 2.67 bits per heavy atom. The summed E-state index contributed by atoms with van der Waals surface area (Å²) in [5.74, 6) is 1.50. The van der Waals surface area contributed by atoms with Crippen LogP contribution in [-0.2, 0) is 7.05 Å². The van der Waals surface area contributed by atoms with Gasteiger partial charge < -0.3 is 9.47 Å². The maximum absolute atomic E-state index is 5.82. The molecule has 0 aliphatic heterocycles. The van der Waals surface area contributed by atoms with Gasteiger partial charge in [0.15, 0.2) is 17.1 Å². The van der Waals surface area contributed by atoms with E-state index in [1.807, 2.05) is 52.2 Å². The summed E-state index contributed by atoms with van der Waals surface area (Å²) in [7, 11) is 1.91. The van der Waals surface area contributed by atoms with Gasteiger partial charge in [-0.25, -0.2) is 4.98 Å². The summed E-state index contributed by atoms with van der Waals surface area (Å²) < 4.78 is 13.4. The van der Waals surface area contributed by atoms with E-state index in [1.165, 1.54) is 0 Å². The zero-order chi connectivity index (χ0) is 17.3. The van der Waals surface area contributed by atoms with E-state index < -0.39 is 0 Å². The number of rotatable bonds is 5. The SMILES string of the molecule is CCOc1cc(-c2cc(C)c3cn(C)nc3n2)ccc1OC(C)C. The van der Waals surface area contributed by atoms with Crippen molar-refractivity contribution in [2.45, 2.75) is 33.8 Å². The third-order valence-electron chi connectivity index (χ3n) is 3.72. The van der Waals surface area contributed by atoms with Crippen LogP contribution in [0.1, 0.15) is 26.3 Å². The van der Waals surface area contributed by atoms with Gasteiger partial charge in [0.25, 0.3) is 0 Å². The van der Waals surface area contributed by atoms with E-state index in [9.17, 15) is 0 Å². The molecule has 126 valence electrons.